The van der Waals surface area contributed by atoms with Crippen LogP contribution in [0.3, 0.4) is 0 Å². The zero-order valence-corrected chi connectivity index (χ0v) is 12.1. The van der Waals surface area contributed by atoms with E-state index in [-0.39, 0.29) is 0 Å². The molecule has 0 aliphatic rings. The van der Waals surface area contributed by atoms with Crippen LogP contribution in [0.5, 0.6) is 0 Å². The number of ether oxygens (including phenoxy) is 1. The molecule has 0 amide bonds. The molecule has 0 aliphatic heterocycles. The third kappa shape index (κ3) is 13.7. The van der Waals surface area contributed by atoms with Crippen molar-refractivity contribution in [2.45, 2.75) is 60.8 Å². The monoisotopic (exact) mass is 226 g/mol. The van der Waals surface area contributed by atoms with Crippen LogP contribution in [0.15, 0.2) is 12.2 Å². The maximum absolute atomic E-state index is 5.61. The highest BCUT2D eigenvalue weighted by atomic mass is 16.5. The van der Waals surface area contributed by atoms with Crippen molar-refractivity contribution in [3.05, 3.63) is 12.2 Å². The second kappa shape index (κ2) is 7.11. The fraction of sp³-hybridized carbons (Fsp3) is 0.867. The van der Waals surface area contributed by atoms with Crippen LogP contribution in [0.1, 0.15) is 60.8 Å². The molecule has 0 radical (unpaired) electrons. The zero-order valence-electron chi connectivity index (χ0n) is 12.1. The molecular weight excluding hydrogens is 196 g/mol. The smallest absolute Gasteiger partial charge is 0.0514 e. The van der Waals surface area contributed by atoms with Crippen molar-refractivity contribution in [3.63, 3.8) is 0 Å². The Morgan fingerprint density at radius 2 is 1.50 bits per heavy atom. The molecule has 0 saturated heterocycles. The Bertz CT molecular complexity index is 190. The van der Waals surface area contributed by atoms with Crippen LogP contribution in [-0.2, 0) is 4.74 Å². The van der Waals surface area contributed by atoms with Crippen LogP contribution in [0, 0.1) is 10.8 Å². The molecule has 0 N–H and O–H groups in total. The van der Waals surface area contributed by atoms with Gasteiger partial charge < -0.3 is 4.74 Å². The van der Waals surface area contributed by atoms with Gasteiger partial charge in [-0.05, 0) is 30.1 Å². The lowest BCUT2D eigenvalue weighted by atomic mass is 9.92. The maximum Gasteiger partial charge on any atom is 0.0514 e. The van der Waals surface area contributed by atoms with Crippen molar-refractivity contribution in [2.24, 2.45) is 10.8 Å². The van der Waals surface area contributed by atoms with Gasteiger partial charge in [0.05, 0.1) is 6.61 Å². The second-order valence-electron chi connectivity index (χ2n) is 6.99. The van der Waals surface area contributed by atoms with Crippen molar-refractivity contribution in [3.8, 4) is 0 Å². The molecule has 0 bridgehead atoms. The van der Waals surface area contributed by atoms with Crippen LogP contribution in [-0.4, -0.2) is 13.2 Å². The molecule has 0 spiro atoms. The molecule has 0 heterocycles. The first-order chi connectivity index (χ1) is 7.21. The minimum Gasteiger partial charge on any atom is -0.381 e. The normalized spacial score (nSPS) is 13.6. The molecular formula is C15H30O. The van der Waals surface area contributed by atoms with Gasteiger partial charge in [0.15, 0.2) is 0 Å². The maximum atomic E-state index is 5.61. The highest BCUT2D eigenvalue weighted by Gasteiger charge is 2.09. The van der Waals surface area contributed by atoms with Gasteiger partial charge in [0.2, 0.25) is 0 Å². The van der Waals surface area contributed by atoms with Crippen LogP contribution < -0.4 is 0 Å². The van der Waals surface area contributed by atoms with E-state index < -0.39 is 0 Å². The predicted octanol–water partition coefficient (Wildman–Crippen LogP) is 4.82. The van der Waals surface area contributed by atoms with Gasteiger partial charge in [-0.15, -0.1) is 0 Å². The average molecular weight is 226 g/mol. The van der Waals surface area contributed by atoms with Gasteiger partial charge in [-0.2, -0.15) is 0 Å². The summed E-state index contributed by atoms with van der Waals surface area (Å²) in [4.78, 5) is 0. The molecule has 16 heavy (non-hydrogen) atoms. The Hall–Kier alpha value is -0.300. The van der Waals surface area contributed by atoms with Crippen LogP contribution >= 0.6 is 0 Å². The van der Waals surface area contributed by atoms with Gasteiger partial charge >= 0.3 is 0 Å². The van der Waals surface area contributed by atoms with Crippen LogP contribution in [0.25, 0.3) is 0 Å². The zero-order chi connectivity index (χ0) is 12.7. The summed E-state index contributed by atoms with van der Waals surface area (Å²) in [5.41, 5.74) is 0.710. The Morgan fingerprint density at radius 3 is 2.00 bits per heavy atom. The lowest BCUT2D eigenvalue weighted by Crippen LogP contribution is -2.14. The Balaban J connectivity index is 3.34. The number of allylic oxidation sites excluding steroid dienone is 2. The van der Waals surface area contributed by atoms with Crippen molar-refractivity contribution in [1.29, 1.82) is 0 Å². The number of unbranched alkanes of at least 4 members (excludes halogenated alkanes) is 1. The summed E-state index contributed by atoms with van der Waals surface area (Å²) < 4.78 is 5.61. The van der Waals surface area contributed by atoms with Crippen molar-refractivity contribution < 1.29 is 4.74 Å². The molecule has 0 aromatic rings. The molecule has 0 unspecified atom stereocenters. The van der Waals surface area contributed by atoms with Crippen LogP contribution in [0.4, 0.5) is 0 Å². The van der Waals surface area contributed by atoms with Gasteiger partial charge in [0, 0.05) is 6.61 Å². The van der Waals surface area contributed by atoms with E-state index in [1.807, 2.05) is 0 Å². The largest absolute Gasteiger partial charge is 0.381 e. The molecule has 0 aromatic carbocycles. The van der Waals surface area contributed by atoms with Crippen molar-refractivity contribution in [2.75, 3.05) is 13.2 Å². The highest BCUT2D eigenvalue weighted by Crippen LogP contribution is 2.18. The van der Waals surface area contributed by atoms with Crippen LogP contribution in [0.2, 0.25) is 0 Å². The summed E-state index contributed by atoms with van der Waals surface area (Å²) in [5, 5.41) is 0. The Labute approximate surface area is 102 Å². The first kappa shape index (κ1) is 15.7. The standard InChI is InChI=1S/C15H30O/c1-14(2,3)11-9-7-8-10-12-16-13-15(4,5)6/h7,9H,8,10-13H2,1-6H3. The Morgan fingerprint density at radius 1 is 0.875 bits per heavy atom. The molecule has 0 aliphatic carbocycles. The molecule has 0 fully saturated rings. The summed E-state index contributed by atoms with van der Waals surface area (Å²) in [6.45, 7) is 15.2. The molecule has 0 saturated carbocycles. The van der Waals surface area contributed by atoms with E-state index in [1.165, 1.54) is 0 Å². The highest BCUT2D eigenvalue weighted by molar-refractivity contribution is 4.85. The molecule has 0 aromatic heterocycles. The summed E-state index contributed by atoms with van der Waals surface area (Å²) >= 11 is 0. The summed E-state index contributed by atoms with van der Waals surface area (Å²) in [6.07, 6.45) is 8.02. The fourth-order valence-corrected chi connectivity index (χ4v) is 1.24. The minimum absolute atomic E-state index is 0.294. The van der Waals surface area contributed by atoms with Gasteiger partial charge in [-0.1, -0.05) is 53.7 Å². The minimum atomic E-state index is 0.294. The van der Waals surface area contributed by atoms with Gasteiger partial charge in [-0.3, -0.25) is 0 Å². The topological polar surface area (TPSA) is 9.23 Å². The van der Waals surface area contributed by atoms with E-state index in [0.717, 1.165) is 32.5 Å². The number of hydrogen-bond donors (Lipinski definition) is 0. The molecule has 0 atom stereocenters. The average Bonchev–Trinajstić information content (AvgIpc) is 2.06. The lowest BCUT2D eigenvalue weighted by molar-refractivity contribution is 0.0701. The lowest BCUT2D eigenvalue weighted by Gasteiger charge is -2.17. The summed E-state index contributed by atoms with van der Waals surface area (Å²) in [7, 11) is 0. The summed E-state index contributed by atoms with van der Waals surface area (Å²) in [6, 6.07) is 0. The molecule has 0 rings (SSSR count). The molecule has 96 valence electrons. The van der Waals surface area contributed by atoms with E-state index >= 15 is 0 Å². The quantitative estimate of drug-likeness (QED) is 0.466. The second-order valence-corrected chi connectivity index (χ2v) is 6.99. The number of hydrogen-bond acceptors (Lipinski definition) is 1. The molecule has 1 nitrogen and oxygen atoms in total. The first-order valence-electron chi connectivity index (χ1n) is 6.43. The first-order valence-corrected chi connectivity index (χ1v) is 6.43. The van der Waals surface area contributed by atoms with Gasteiger partial charge in [0.25, 0.3) is 0 Å². The SMILES string of the molecule is CC(C)(C)CC=CCCCOCC(C)(C)C. The predicted molar refractivity (Wildman–Crippen MR) is 72.7 cm³/mol. The van der Waals surface area contributed by atoms with E-state index in [4.69, 9.17) is 4.74 Å². The van der Waals surface area contributed by atoms with Crippen molar-refractivity contribution in [1.82, 2.24) is 0 Å². The Kier molecular flexibility index (Phi) is 6.98. The summed E-state index contributed by atoms with van der Waals surface area (Å²) in [5.74, 6) is 0. The number of rotatable bonds is 6. The van der Waals surface area contributed by atoms with E-state index in [2.05, 4.69) is 53.7 Å². The molecule has 1 heteroatoms. The van der Waals surface area contributed by atoms with Gasteiger partial charge in [-0.25, -0.2) is 0 Å². The van der Waals surface area contributed by atoms with Gasteiger partial charge in [0.1, 0.15) is 0 Å². The third-order valence-corrected chi connectivity index (χ3v) is 2.09. The van der Waals surface area contributed by atoms with E-state index in [9.17, 15) is 0 Å². The fourth-order valence-electron chi connectivity index (χ4n) is 1.24. The third-order valence-electron chi connectivity index (χ3n) is 2.09. The van der Waals surface area contributed by atoms with E-state index in [0.29, 0.717) is 10.8 Å². The van der Waals surface area contributed by atoms with E-state index in [1.54, 1.807) is 0 Å². The van der Waals surface area contributed by atoms with Crippen molar-refractivity contribution >= 4 is 0 Å².